The average Bonchev–Trinajstić information content (AvgIpc) is 3.33. The van der Waals surface area contributed by atoms with Crippen LogP contribution in [0.25, 0.3) is 11.3 Å². The van der Waals surface area contributed by atoms with E-state index in [0.717, 1.165) is 11.3 Å². The second kappa shape index (κ2) is 7.23. The van der Waals surface area contributed by atoms with Gasteiger partial charge in [0.15, 0.2) is 6.19 Å². The molecule has 5 rings (SSSR count). The Hall–Kier alpha value is -3.79. The number of ether oxygens (including phenoxy) is 1. The molecule has 1 unspecified atom stereocenters. The summed E-state index contributed by atoms with van der Waals surface area (Å²) >= 11 is 0. The van der Waals surface area contributed by atoms with Gasteiger partial charge in [0.1, 0.15) is 17.2 Å². The number of nitriles is 1. The average molecular weight is 399 g/mol. The van der Waals surface area contributed by atoms with Crippen LogP contribution < -0.4 is 4.74 Å². The minimum Gasteiger partial charge on any atom is -0.457 e. The maximum absolute atomic E-state index is 13.0. The number of carbonyl (C=O) groups excluding carboxylic acids is 1. The minimum absolute atomic E-state index is 0.0801. The Bertz CT molecular complexity index is 1120. The van der Waals surface area contributed by atoms with Crippen LogP contribution in [0.15, 0.2) is 60.7 Å². The number of para-hydroxylation sites is 2. The summed E-state index contributed by atoms with van der Waals surface area (Å²) in [6, 6.07) is 19.2. The lowest BCUT2D eigenvalue weighted by atomic mass is 9.87. The molecule has 2 saturated heterocycles. The molecule has 150 valence electrons. The van der Waals surface area contributed by atoms with E-state index in [2.05, 4.69) is 16.4 Å². The Morgan fingerprint density at radius 1 is 1.17 bits per heavy atom. The molecule has 2 aliphatic heterocycles. The molecular weight excluding hydrogens is 378 g/mol. The van der Waals surface area contributed by atoms with Gasteiger partial charge in [0.25, 0.3) is 5.91 Å². The molecule has 1 aromatic heterocycles. The van der Waals surface area contributed by atoms with Gasteiger partial charge in [-0.3, -0.25) is 9.89 Å². The van der Waals surface area contributed by atoms with E-state index in [1.54, 1.807) is 11.0 Å². The third kappa shape index (κ3) is 2.98. The molecule has 3 aromatic rings. The van der Waals surface area contributed by atoms with E-state index in [-0.39, 0.29) is 18.0 Å². The quantitative estimate of drug-likeness (QED) is 0.679. The number of aromatic amines is 1. The zero-order valence-corrected chi connectivity index (χ0v) is 16.5. The maximum Gasteiger partial charge on any atom is 0.272 e. The Morgan fingerprint density at radius 2 is 1.93 bits per heavy atom. The van der Waals surface area contributed by atoms with Crippen LogP contribution in [0, 0.1) is 17.4 Å². The van der Waals surface area contributed by atoms with E-state index in [9.17, 15) is 10.1 Å². The molecule has 0 bridgehead atoms. The molecule has 2 aliphatic rings. The molecular formula is C23H21N5O2. The van der Waals surface area contributed by atoms with Crippen LogP contribution in [-0.2, 0) is 0 Å². The maximum atomic E-state index is 13.0. The van der Waals surface area contributed by atoms with Gasteiger partial charge in [-0.25, -0.2) is 0 Å². The summed E-state index contributed by atoms with van der Waals surface area (Å²) in [6.07, 6.45) is 2.23. The van der Waals surface area contributed by atoms with Gasteiger partial charge in [0.05, 0.1) is 11.7 Å². The Labute approximate surface area is 174 Å². The topological polar surface area (TPSA) is 85.2 Å². The molecule has 0 aliphatic carbocycles. The number of rotatable bonds is 4. The summed E-state index contributed by atoms with van der Waals surface area (Å²) in [5, 5.41) is 16.5. The SMILES string of the molecule is C[C@@H]1[C@H]2CN(C(=O)c3cc(-c4ccccc4Oc4ccccc4)n[nH]3)C2CN1C#N. The molecule has 1 amide bonds. The van der Waals surface area contributed by atoms with Gasteiger partial charge in [-0.05, 0) is 37.3 Å². The van der Waals surface area contributed by atoms with Crippen molar-refractivity contribution in [2.75, 3.05) is 13.1 Å². The molecule has 0 saturated carbocycles. The highest BCUT2D eigenvalue weighted by atomic mass is 16.5. The number of fused-ring (bicyclic) bond motifs is 1. The minimum atomic E-state index is -0.0801. The Kier molecular flexibility index (Phi) is 4.40. The van der Waals surface area contributed by atoms with E-state index in [0.29, 0.717) is 36.1 Å². The van der Waals surface area contributed by atoms with E-state index < -0.39 is 0 Å². The molecule has 7 heteroatoms. The lowest BCUT2D eigenvalue weighted by Crippen LogP contribution is -2.59. The summed E-state index contributed by atoms with van der Waals surface area (Å²) in [5.74, 6) is 1.69. The second-order valence-corrected chi connectivity index (χ2v) is 7.76. The van der Waals surface area contributed by atoms with Crippen molar-refractivity contribution < 1.29 is 9.53 Å². The molecule has 0 radical (unpaired) electrons. The second-order valence-electron chi connectivity index (χ2n) is 7.76. The Morgan fingerprint density at radius 3 is 2.73 bits per heavy atom. The highest BCUT2D eigenvalue weighted by molar-refractivity contribution is 5.94. The molecule has 3 heterocycles. The number of H-pyrrole nitrogens is 1. The van der Waals surface area contributed by atoms with Gasteiger partial charge in [-0.1, -0.05) is 30.3 Å². The first-order valence-electron chi connectivity index (χ1n) is 10.0. The van der Waals surface area contributed by atoms with Crippen molar-refractivity contribution >= 4 is 5.91 Å². The number of hydrogen-bond acceptors (Lipinski definition) is 5. The Balaban J connectivity index is 1.36. The molecule has 2 aromatic carbocycles. The van der Waals surface area contributed by atoms with Crippen LogP contribution in [0.5, 0.6) is 11.5 Å². The number of benzene rings is 2. The number of aromatic nitrogens is 2. The van der Waals surface area contributed by atoms with Crippen LogP contribution in [-0.4, -0.2) is 51.1 Å². The predicted molar refractivity (Wildman–Crippen MR) is 111 cm³/mol. The van der Waals surface area contributed by atoms with Gasteiger partial charge < -0.3 is 14.5 Å². The fourth-order valence-electron chi connectivity index (χ4n) is 4.36. The summed E-state index contributed by atoms with van der Waals surface area (Å²) < 4.78 is 6.02. The first kappa shape index (κ1) is 18.3. The van der Waals surface area contributed by atoms with Gasteiger partial charge in [0.2, 0.25) is 0 Å². The van der Waals surface area contributed by atoms with Crippen molar-refractivity contribution in [3.8, 4) is 28.9 Å². The molecule has 30 heavy (non-hydrogen) atoms. The first-order valence-corrected chi connectivity index (χ1v) is 10.0. The van der Waals surface area contributed by atoms with Crippen molar-refractivity contribution in [3.05, 3.63) is 66.4 Å². The molecule has 1 N–H and O–H groups in total. The highest BCUT2D eigenvalue weighted by Crippen LogP contribution is 2.38. The number of carbonyl (C=O) groups is 1. The van der Waals surface area contributed by atoms with Crippen molar-refractivity contribution in [2.45, 2.75) is 19.0 Å². The van der Waals surface area contributed by atoms with Crippen molar-refractivity contribution in [1.29, 1.82) is 5.26 Å². The summed E-state index contributed by atoms with van der Waals surface area (Å²) in [5.41, 5.74) is 1.91. The number of amides is 1. The van der Waals surface area contributed by atoms with E-state index in [1.807, 2.05) is 66.4 Å². The zero-order valence-electron chi connectivity index (χ0n) is 16.5. The first-order chi connectivity index (χ1) is 14.7. The fraction of sp³-hybridized carbons (Fsp3) is 0.261. The molecule has 2 fully saturated rings. The van der Waals surface area contributed by atoms with Gasteiger partial charge >= 0.3 is 0 Å². The third-order valence-electron chi connectivity index (χ3n) is 6.13. The monoisotopic (exact) mass is 399 g/mol. The van der Waals surface area contributed by atoms with Crippen molar-refractivity contribution in [1.82, 2.24) is 20.0 Å². The summed E-state index contributed by atoms with van der Waals surface area (Å²) in [6.45, 7) is 3.32. The third-order valence-corrected chi connectivity index (χ3v) is 6.13. The van der Waals surface area contributed by atoms with Gasteiger partial charge in [-0.2, -0.15) is 10.4 Å². The van der Waals surface area contributed by atoms with Crippen LogP contribution in [0.2, 0.25) is 0 Å². The van der Waals surface area contributed by atoms with Crippen LogP contribution in [0.3, 0.4) is 0 Å². The number of likely N-dealkylation sites (tertiary alicyclic amines) is 2. The predicted octanol–water partition coefficient (Wildman–Crippen LogP) is 3.49. The van der Waals surface area contributed by atoms with Crippen molar-refractivity contribution in [2.24, 2.45) is 5.92 Å². The summed E-state index contributed by atoms with van der Waals surface area (Å²) in [4.78, 5) is 16.6. The lowest BCUT2D eigenvalue weighted by molar-refractivity contribution is 0.0271. The summed E-state index contributed by atoms with van der Waals surface area (Å²) in [7, 11) is 0. The normalized spacial score (nSPS) is 22.2. The van der Waals surface area contributed by atoms with Crippen LogP contribution in [0.1, 0.15) is 17.4 Å². The molecule has 3 atom stereocenters. The number of hydrogen-bond donors (Lipinski definition) is 1. The van der Waals surface area contributed by atoms with E-state index >= 15 is 0 Å². The van der Waals surface area contributed by atoms with Gasteiger partial charge in [0, 0.05) is 30.6 Å². The number of nitrogens with one attached hydrogen (secondary N) is 1. The highest BCUT2D eigenvalue weighted by Gasteiger charge is 2.52. The van der Waals surface area contributed by atoms with Crippen molar-refractivity contribution in [3.63, 3.8) is 0 Å². The standard InChI is InChI=1S/C23H21N5O2/c1-15-18-12-28(21(18)13-27(15)14-24)23(29)20-11-19(25-26-20)17-9-5-6-10-22(17)30-16-7-3-2-4-8-16/h2-11,15,18,21H,12-13H2,1H3,(H,25,26)/t15-,18-,21?/m1/s1. The smallest absolute Gasteiger partial charge is 0.272 e. The largest absolute Gasteiger partial charge is 0.457 e. The molecule has 7 nitrogen and oxygen atoms in total. The number of nitrogens with zero attached hydrogens (tertiary/aromatic N) is 4. The zero-order chi connectivity index (χ0) is 20.7. The fourth-order valence-corrected chi connectivity index (χ4v) is 4.36. The van der Waals surface area contributed by atoms with E-state index in [4.69, 9.17) is 4.74 Å². The van der Waals surface area contributed by atoms with E-state index in [1.165, 1.54) is 0 Å². The lowest BCUT2D eigenvalue weighted by Gasteiger charge is -2.44. The van der Waals surface area contributed by atoms with Crippen LogP contribution in [0.4, 0.5) is 0 Å². The van der Waals surface area contributed by atoms with Gasteiger partial charge in [-0.15, -0.1) is 0 Å². The molecule has 0 spiro atoms. The van der Waals surface area contributed by atoms with Crippen LogP contribution >= 0.6 is 0 Å².